The second kappa shape index (κ2) is 6.97. The largest absolute Gasteiger partial charge is 0.461 e. The Morgan fingerprint density at radius 2 is 1.88 bits per heavy atom. The fourth-order valence-electron chi connectivity index (χ4n) is 2.52. The van der Waals surface area contributed by atoms with Crippen molar-refractivity contribution in [3.05, 3.63) is 62.8 Å². The summed E-state index contributed by atoms with van der Waals surface area (Å²) in [5.41, 5.74) is 0.351. The third-order valence-corrected chi connectivity index (χ3v) is 6.63. The number of hydrogen-bond donors (Lipinski definition) is 0. The molecule has 0 radical (unpaired) electrons. The number of carbonyl (C=O) groups excluding carboxylic acids is 1. The van der Waals surface area contributed by atoms with Crippen LogP contribution in [-0.4, -0.2) is 25.0 Å². The molecule has 0 aliphatic rings. The average molecular weight is 490 g/mol. The minimum Gasteiger partial charge on any atom is -0.461 e. The Balaban J connectivity index is 2.40. The van der Waals surface area contributed by atoms with E-state index >= 15 is 0 Å². The molecule has 3 rings (SSSR count). The molecule has 0 aliphatic carbocycles. The molecule has 8 heteroatoms. The molecular formula is C17H13ClINO4S. The number of carbonyl (C=O) groups is 1. The van der Waals surface area contributed by atoms with Gasteiger partial charge in [-0.05, 0) is 59.8 Å². The maximum absolute atomic E-state index is 13.2. The Labute approximate surface area is 163 Å². The summed E-state index contributed by atoms with van der Waals surface area (Å²) >= 11 is 7.99. The number of aromatic nitrogens is 1. The number of halogens is 2. The lowest BCUT2D eigenvalue weighted by Gasteiger charge is -2.11. The summed E-state index contributed by atoms with van der Waals surface area (Å²) < 4.78 is 33.0. The van der Waals surface area contributed by atoms with Crippen LogP contribution in [0.4, 0.5) is 0 Å². The van der Waals surface area contributed by atoms with Crippen molar-refractivity contribution in [1.29, 1.82) is 0 Å². The predicted octanol–water partition coefficient (Wildman–Crippen LogP) is 4.31. The van der Waals surface area contributed by atoms with E-state index in [4.69, 9.17) is 16.3 Å². The molecule has 0 bridgehead atoms. The predicted molar refractivity (Wildman–Crippen MR) is 105 cm³/mol. The number of esters is 1. The maximum Gasteiger partial charge on any atom is 0.357 e. The molecule has 0 saturated carbocycles. The Hall–Kier alpha value is -1.58. The molecule has 0 atom stereocenters. The zero-order chi connectivity index (χ0) is 18.2. The molecule has 1 aromatic heterocycles. The highest BCUT2D eigenvalue weighted by atomic mass is 127. The van der Waals surface area contributed by atoms with Gasteiger partial charge < -0.3 is 4.74 Å². The third kappa shape index (κ3) is 3.16. The molecule has 0 amide bonds. The molecule has 0 N–H and O–H groups in total. The van der Waals surface area contributed by atoms with Crippen LogP contribution >= 0.6 is 34.2 Å². The number of benzene rings is 2. The first-order chi connectivity index (χ1) is 11.9. The van der Waals surface area contributed by atoms with Crippen LogP contribution in [0.25, 0.3) is 10.9 Å². The van der Waals surface area contributed by atoms with Crippen LogP contribution in [0.3, 0.4) is 0 Å². The lowest BCUT2D eigenvalue weighted by Crippen LogP contribution is -2.20. The van der Waals surface area contributed by atoms with Crippen LogP contribution in [-0.2, 0) is 14.8 Å². The number of nitrogens with zero attached hydrogens (tertiary/aromatic N) is 1. The van der Waals surface area contributed by atoms with Gasteiger partial charge in [-0.25, -0.2) is 17.2 Å². The lowest BCUT2D eigenvalue weighted by molar-refractivity contribution is 0.0517. The zero-order valence-corrected chi connectivity index (χ0v) is 16.8. The van der Waals surface area contributed by atoms with E-state index in [0.717, 1.165) is 3.97 Å². The van der Waals surface area contributed by atoms with Gasteiger partial charge >= 0.3 is 5.97 Å². The van der Waals surface area contributed by atoms with Crippen molar-refractivity contribution < 1.29 is 17.9 Å². The number of ether oxygens (including phenoxy) is 1. The summed E-state index contributed by atoms with van der Waals surface area (Å²) in [6.07, 6.45) is 0. The lowest BCUT2D eigenvalue weighted by atomic mass is 10.2. The Kier molecular flexibility index (Phi) is 5.08. The van der Waals surface area contributed by atoms with Crippen LogP contribution < -0.4 is 0 Å². The van der Waals surface area contributed by atoms with Gasteiger partial charge in [-0.2, -0.15) is 0 Å². The molecule has 1 heterocycles. The first-order valence-electron chi connectivity index (χ1n) is 7.35. The van der Waals surface area contributed by atoms with Gasteiger partial charge in [0.2, 0.25) is 0 Å². The summed E-state index contributed by atoms with van der Waals surface area (Å²) in [5.74, 6) is -0.696. The van der Waals surface area contributed by atoms with Gasteiger partial charge in [0.25, 0.3) is 10.0 Å². The van der Waals surface area contributed by atoms with Crippen molar-refractivity contribution in [3.8, 4) is 0 Å². The smallest absolute Gasteiger partial charge is 0.357 e. The minimum absolute atomic E-state index is 0.0245. The second-order valence-electron chi connectivity index (χ2n) is 5.13. The van der Waals surface area contributed by atoms with Gasteiger partial charge in [0, 0.05) is 10.4 Å². The SMILES string of the molecule is CCOC(=O)c1c(I)c2cc(Cl)ccc2n1S(=O)(=O)c1ccccc1. The van der Waals surface area contributed by atoms with Crippen LogP contribution in [0.15, 0.2) is 53.4 Å². The summed E-state index contributed by atoms with van der Waals surface area (Å²) in [7, 11) is -3.98. The Morgan fingerprint density at radius 1 is 1.20 bits per heavy atom. The van der Waals surface area contributed by atoms with E-state index in [1.165, 1.54) is 12.1 Å². The van der Waals surface area contributed by atoms with Gasteiger partial charge in [-0.1, -0.05) is 29.8 Å². The fraction of sp³-hybridized carbons (Fsp3) is 0.118. The van der Waals surface area contributed by atoms with Crippen LogP contribution in [0.1, 0.15) is 17.4 Å². The van der Waals surface area contributed by atoms with Crippen molar-refractivity contribution >= 4 is 61.1 Å². The fourth-order valence-corrected chi connectivity index (χ4v) is 5.28. The summed E-state index contributed by atoms with van der Waals surface area (Å²) in [6.45, 7) is 1.81. The number of hydrogen-bond acceptors (Lipinski definition) is 4. The van der Waals surface area contributed by atoms with Crippen molar-refractivity contribution in [3.63, 3.8) is 0 Å². The van der Waals surface area contributed by atoms with Crippen molar-refractivity contribution in [2.24, 2.45) is 0 Å². The number of fused-ring (bicyclic) bond motifs is 1. The quantitative estimate of drug-likeness (QED) is 0.405. The molecule has 130 valence electrons. The molecule has 5 nitrogen and oxygen atoms in total. The van der Waals surface area contributed by atoms with E-state index in [1.54, 1.807) is 43.3 Å². The number of rotatable bonds is 4. The minimum atomic E-state index is -3.98. The van der Waals surface area contributed by atoms with E-state index in [0.29, 0.717) is 19.5 Å². The Morgan fingerprint density at radius 3 is 2.52 bits per heavy atom. The molecule has 2 aromatic carbocycles. The van der Waals surface area contributed by atoms with Gasteiger partial charge in [0.1, 0.15) is 0 Å². The van der Waals surface area contributed by atoms with Crippen LogP contribution in [0.2, 0.25) is 5.02 Å². The standard InChI is InChI=1S/C17H13ClINO4S/c1-2-24-17(21)16-15(19)13-10-11(18)8-9-14(13)20(16)25(22,23)12-6-4-3-5-7-12/h3-10H,2H2,1H3. The highest BCUT2D eigenvalue weighted by Crippen LogP contribution is 2.33. The van der Waals surface area contributed by atoms with Crippen molar-refractivity contribution in [1.82, 2.24) is 3.97 Å². The van der Waals surface area contributed by atoms with Crippen molar-refractivity contribution in [2.45, 2.75) is 11.8 Å². The first kappa shape index (κ1) is 18.2. The normalized spacial score (nSPS) is 11.6. The summed E-state index contributed by atoms with van der Waals surface area (Å²) in [5, 5.41) is 1.03. The highest BCUT2D eigenvalue weighted by molar-refractivity contribution is 14.1. The maximum atomic E-state index is 13.2. The molecule has 0 fully saturated rings. The second-order valence-corrected chi connectivity index (χ2v) is 8.43. The first-order valence-corrected chi connectivity index (χ1v) is 10.2. The van der Waals surface area contributed by atoms with E-state index < -0.39 is 16.0 Å². The molecule has 3 aromatic rings. The summed E-state index contributed by atoms with van der Waals surface area (Å²) in [4.78, 5) is 12.6. The van der Waals surface area contributed by atoms with E-state index in [9.17, 15) is 13.2 Å². The van der Waals surface area contributed by atoms with E-state index in [1.807, 2.05) is 22.6 Å². The van der Waals surface area contributed by atoms with Gasteiger partial charge in [-0.3, -0.25) is 0 Å². The zero-order valence-electron chi connectivity index (χ0n) is 13.1. The van der Waals surface area contributed by atoms with E-state index in [2.05, 4.69) is 0 Å². The Bertz CT molecular complexity index is 1060. The average Bonchev–Trinajstić information content (AvgIpc) is 2.89. The monoisotopic (exact) mass is 489 g/mol. The van der Waals surface area contributed by atoms with E-state index in [-0.39, 0.29) is 17.2 Å². The molecule has 25 heavy (non-hydrogen) atoms. The van der Waals surface area contributed by atoms with Crippen LogP contribution in [0.5, 0.6) is 0 Å². The molecule has 0 aliphatic heterocycles. The molecule has 0 saturated heterocycles. The molecule has 0 spiro atoms. The van der Waals surface area contributed by atoms with Crippen LogP contribution in [0, 0.1) is 3.57 Å². The van der Waals surface area contributed by atoms with Gasteiger partial charge in [-0.15, -0.1) is 0 Å². The highest BCUT2D eigenvalue weighted by Gasteiger charge is 2.30. The molecule has 0 unspecified atom stereocenters. The summed E-state index contributed by atoms with van der Waals surface area (Å²) in [6, 6.07) is 12.8. The topological polar surface area (TPSA) is 65.4 Å². The third-order valence-electron chi connectivity index (χ3n) is 3.58. The van der Waals surface area contributed by atoms with Crippen molar-refractivity contribution in [2.75, 3.05) is 6.61 Å². The molecular weight excluding hydrogens is 477 g/mol. The van der Waals surface area contributed by atoms with Gasteiger partial charge in [0.15, 0.2) is 5.69 Å². The van der Waals surface area contributed by atoms with Gasteiger partial charge in [0.05, 0.1) is 20.6 Å².